The topological polar surface area (TPSA) is 0 Å². The zero-order valence-electron chi connectivity index (χ0n) is 8.60. The quantitative estimate of drug-likeness (QED) is 0.666. The molecule has 13 heavy (non-hydrogen) atoms. The van der Waals surface area contributed by atoms with Crippen LogP contribution in [0.15, 0.2) is 18.2 Å². The van der Waals surface area contributed by atoms with Crippen LogP contribution in [-0.2, 0) is 6.42 Å². The highest BCUT2D eigenvalue weighted by Gasteiger charge is 2.05. The van der Waals surface area contributed by atoms with Crippen molar-refractivity contribution in [1.29, 1.82) is 0 Å². The first-order chi connectivity index (χ1) is 6.19. The maximum Gasteiger partial charge on any atom is 0.0960 e. The van der Waals surface area contributed by atoms with Crippen molar-refractivity contribution < 1.29 is 4.39 Å². The summed E-state index contributed by atoms with van der Waals surface area (Å²) >= 11 is 0. The van der Waals surface area contributed by atoms with E-state index in [1.165, 1.54) is 11.1 Å². The smallest absolute Gasteiger partial charge is 0.0960 e. The summed E-state index contributed by atoms with van der Waals surface area (Å²) in [6.45, 7) is 5.87. The first-order valence-electron chi connectivity index (χ1n) is 4.84. The minimum atomic E-state index is -0.273. The van der Waals surface area contributed by atoms with Gasteiger partial charge in [-0.1, -0.05) is 32.0 Å². The van der Waals surface area contributed by atoms with Gasteiger partial charge in [0, 0.05) is 5.92 Å². The molecule has 0 aromatic heterocycles. The molecule has 0 N–H and O–H groups in total. The van der Waals surface area contributed by atoms with Crippen LogP contribution in [-0.4, -0.2) is 6.67 Å². The molecule has 0 spiro atoms. The molecule has 1 unspecified atom stereocenters. The van der Waals surface area contributed by atoms with Gasteiger partial charge in [-0.2, -0.15) is 0 Å². The van der Waals surface area contributed by atoms with E-state index in [-0.39, 0.29) is 12.6 Å². The number of halogens is 1. The minimum absolute atomic E-state index is 0.0320. The molecule has 0 nitrogen and oxygen atoms in total. The first kappa shape index (κ1) is 10.2. The molecular weight excluding hydrogens is 163 g/mol. The third-order valence-electron chi connectivity index (χ3n) is 2.55. The Bertz CT molecular complexity index is 278. The zero-order valence-corrected chi connectivity index (χ0v) is 8.60. The standard InChI is InChI=1S/C12H17F/c1-4-11-5-6-12(7-9(11)2)10(3)8-13/h5-7,10H,4,8H2,1-3H3. The molecule has 1 rings (SSSR count). The Balaban J connectivity index is 2.95. The molecular formula is C12H17F. The van der Waals surface area contributed by atoms with E-state index in [9.17, 15) is 4.39 Å². The molecule has 0 radical (unpaired) electrons. The summed E-state index contributed by atoms with van der Waals surface area (Å²) in [5.74, 6) is 0.0320. The summed E-state index contributed by atoms with van der Waals surface area (Å²) in [6, 6.07) is 6.25. The average molecular weight is 180 g/mol. The lowest BCUT2D eigenvalue weighted by atomic mass is 9.97. The normalized spacial score (nSPS) is 12.9. The Kier molecular flexibility index (Phi) is 3.47. The highest BCUT2D eigenvalue weighted by Crippen LogP contribution is 2.19. The van der Waals surface area contributed by atoms with Crippen molar-refractivity contribution in [3.05, 3.63) is 34.9 Å². The largest absolute Gasteiger partial charge is 0.250 e. The summed E-state index contributed by atoms with van der Waals surface area (Å²) in [7, 11) is 0. The van der Waals surface area contributed by atoms with E-state index >= 15 is 0 Å². The van der Waals surface area contributed by atoms with E-state index in [1.54, 1.807) is 0 Å². The molecule has 0 saturated heterocycles. The van der Waals surface area contributed by atoms with Gasteiger partial charge in [0.2, 0.25) is 0 Å². The van der Waals surface area contributed by atoms with Gasteiger partial charge in [0.15, 0.2) is 0 Å². The van der Waals surface area contributed by atoms with Crippen LogP contribution < -0.4 is 0 Å². The van der Waals surface area contributed by atoms with Gasteiger partial charge < -0.3 is 0 Å². The number of aryl methyl sites for hydroxylation is 2. The number of rotatable bonds is 3. The molecule has 0 aliphatic carbocycles. The first-order valence-corrected chi connectivity index (χ1v) is 4.84. The molecule has 0 aliphatic heterocycles. The highest BCUT2D eigenvalue weighted by atomic mass is 19.1. The Morgan fingerprint density at radius 2 is 2.08 bits per heavy atom. The molecule has 0 aliphatic rings. The lowest BCUT2D eigenvalue weighted by Gasteiger charge is -2.10. The third-order valence-corrected chi connectivity index (χ3v) is 2.55. The average Bonchev–Trinajstić information content (AvgIpc) is 2.16. The molecule has 1 aromatic rings. The molecule has 1 aromatic carbocycles. The van der Waals surface area contributed by atoms with Gasteiger partial charge in [-0.05, 0) is 30.0 Å². The summed E-state index contributed by atoms with van der Waals surface area (Å²) < 4.78 is 12.4. The van der Waals surface area contributed by atoms with Crippen molar-refractivity contribution in [1.82, 2.24) is 0 Å². The van der Waals surface area contributed by atoms with Crippen molar-refractivity contribution in [2.24, 2.45) is 0 Å². The SMILES string of the molecule is CCc1ccc(C(C)CF)cc1C. The molecule has 1 heteroatoms. The van der Waals surface area contributed by atoms with Gasteiger partial charge >= 0.3 is 0 Å². The lowest BCUT2D eigenvalue weighted by Crippen LogP contribution is -1.97. The summed E-state index contributed by atoms with van der Waals surface area (Å²) in [5, 5.41) is 0. The van der Waals surface area contributed by atoms with Gasteiger partial charge in [-0.25, -0.2) is 0 Å². The van der Waals surface area contributed by atoms with Crippen LogP contribution in [0.25, 0.3) is 0 Å². The summed E-state index contributed by atoms with van der Waals surface area (Å²) in [6.07, 6.45) is 1.05. The summed E-state index contributed by atoms with van der Waals surface area (Å²) in [5.41, 5.74) is 3.74. The maximum absolute atomic E-state index is 12.4. The second-order valence-electron chi connectivity index (χ2n) is 3.59. The van der Waals surface area contributed by atoms with Crippen LogP contribution in [0.2, 0.25) is 0 Å². The van der Waals surface area contributed by atoms with Gasteiger partial charge in [0.1, 0.15) is 0 Å². The Labute approximate surface area is 79.8 Å². The maximum atomic E-state index is 12.4. The monoisotopic (exact) mass is 180 g/mol. The fourth-order valence-electron chi connectivity index (χ4n) is 1.51. The molecule has 1 atom stereocenters. The predicted molar refractivity (Wildman–Crippen MR) is 54.9 cm³/mol. The third kappa shape index (κ3) is 2.30. The van der Waals surface area contributed by atoms with E-state index in [4.69, 9.17) is 0 Å². The van der Waals surface area contributed by atoms with Gasteiger partial charge in [-0.3, -0.25) is 4.39 Å². The van der Waals surface area contributed by atoms with Crippen LogP contribution in [0.1, 0.15) is 36.5 Å². The highest BCUT2D eigenvalue weighted by molar-refractivity contribution is 5.32. The molecule has 0 saturated carbocycles. The molecule has 72 valence electrons. The number of hydrogen-bond acceptors (Lipinski definition) is 0. The van der Waals surface area contributed by atoms with Crippen molar-refractivity contribution in [3.8, 4) is 0 Å². The molecule has 0 heterocycles. The van der Waals surface area contributed by atoms with E-state index in [1.807, 2.05) is 13.0 Å². The Morgan fingerprint density at radius 3 is 2.54 bits per heavy atom. The predicted octanol–water partition coefficient (Wildman–Crippen LogP) is 3.63. The fraction of sp³-hybridized carbons (Fsp3) is 0.500. The van der Waals surface area contributed by atoms with Gasteiger partial charge in [0.25, 0.3) is 0 Å². The Hall–Kier alpha value is -0.850. The van der Waals surface area contributed by atoms with E-state index in [0.29, 0.717) is 0 Å². The molecule has 0 bridgehead atoms. The van der Waals surface area contributed by atoms with Crippen LogP contribution >= 0.6 is 0 Å². The van der Waals surface area contributed by atoms with E-state index in [0.717, 1.165) is 12.0 Å². The van der Waals surface area contributed by atoms with Crippen molar-refractivity contribution in [2.45, 2.75) is 33.1 Å². The number of benzene rings is 1. The number of hydrogen-bond donors (Lipinski definition) is 0. The van der Waals surface area contributed by atoms with Crippen LogP contribution in [0, 0.1) is 6.92 Å². The lowest BCUT2D eigenvalue weighted by molar-refractivity contribution is 0.447. The van der Waals surface area contributed by atoms with Crippen molar-refractivity contribution in [3.63, 3.8) is 0 Å². The van der Waals surface area contributed by atoms with Crippen molar-refractivity contribution >= 4 is 0 Å². The fourth-order valence-corrected chi connectivity index (χ4v) is 1.51. The van der Waals surface area contributed by atoms with Crippen LogP contribution in [0.4, 0.5) is 4.39 Å². The van der Waals surface area contributed by atoms with E-state index in [2.05, 4.69) is 26.0 Å². The van der Waals surface area contributed by atoms with Crippen LogP contribution in [0.5, 0.6) is 0 Å². The van der Waals surface area contributed by atoms with Crippen molar-refractivity contribution in [2.75, 3.05) is 6.67 Å². The summed E-state index contributed by atoms with van der Waals surface area (Å²) in [4.78, 5) is 0. The van der Waals surface area contributed by atoms with Gasteiger partial charge in [-0.15, -0.1) is 0 Å². The zero-order chi connectivity index (χ0) is 9.84. The minimum Gasteiger partial charge on any atom is -0.250 e. The molecule has 0 fully saturated rings. The van der Waals surface area contributed by atoms with Gasteiger partial charge in [0.05, 0.1) is 6.67 Å². The second kappa shape index (κ2) is 4.40. The number of alkyl halides is 1. The van der Waals surface area contributed by atoms with Crippen LogP contribution in [0.3, 0.4) is 0 Å². The Morgan fingerprint density at radius 1 is 1.38 bits per heavy atom. The van der Waals surface area contributed by atoms with E-state index < -0.39 is 0 Å². The second-order valence-corrected chi connectivity index (χ2v) is 3.59. The molecule has 0 amide bonds.